The fourth-order valence-corrected chi connectivity index (χ4v) is 3.35. The maximum Gasteiger partial charge on any atom is 0.263 e. The summed E-state index contributed by atoms with van der Waals surface area (Å²) in [4.78, 5) is 39.0. The predicted octanol–water partition coefficient (Wildman–Crippen LogP) is 2.24. The van der Waals surface area contributed by atoms with E-state index in [1.54, 1.807) is 30.3 Å². The van der Waals surface area contributed by atoms with Crippen LogP contribution < -0.4 is 10.2 Å². The van der Waals surface area contributed by atoms with Crippen molar-refractivity contribution in [2.45, 2.75) is 25.9 Å². The third-order valence-electron chi connectivity index (χ3n) is 4.97. The van der Waals surface area contributed by atoms with E-state index in [0.717, 1.165) is 16.0 Å². The number of nitrogens with zero attached hydrogens (tertiary/aromatic N) is 4. The molecule has 1 saturated heterocycles. The first kappa shape index (κ1) is 17.8. The summed E-state index contributed by atoms with van der Waals surface area (Å²) in [5.41, 5.74) is 3.35. The Bertz CT molecular complexity index is 989. The number of fused-ring (bicyclic) bond motifs is 1. The number of anilines is 2. The number of hydrogen-bond acceptors (Lipinski definition) is 6. The van der Waals surface area contributed by atoms with Crippen LogP contribution in [0.25, 0.3) is 0 Å². The van der Waals surface area contributed by atoms with E-state index in [-0.39, 0.29) is 12.5 Å². The molecule has 0 aliphatic carbocycles. The summed E-state index contributed by atoms with van der Waals surface area (Å²) in [6.07, 6.45) is 0. The van der Waals surface area contributed by atoms with Crippen molar-refractivity contribution in [3.05, 3.63) is 59.7 Å². The Morgan fingerprint density at radius 2 is 1.79 bits per heavy atom. The Kier molecular flexibility index (Phi) is 4.38. The number of aryl methyl sites for hydroxylation is 2. The summed E-state index contributed by atoms with van der Waals surface area (Å²) in [5.74, 6) is -1.19. The van der Waals surface area contributed by atoms with Crippen molar-refractivity contribution in [1.29, 1.82) is 0 Å². The molecular weight excluding hydrogens is 358 g/mol. The van der Waals surface area contributed by atoms with Crippen LogP contribution in [-0.2, 0) is 14.4 Å². The van der Waals surface area contributed by atoms with Gasteiger partial charge in [0, 0.05) is 5.69 Å². The van der Waals surface area contributed by atoms with E-state index >= 15 is 0 Å². The van der Waals surface area contributed by atoms with Gasteiger partial charge in [-0.2, -0.15) is 5.11 Å². The molecule has 1 N–H and O–H groups in total. The average Bonchev–Trinajstić information content (AvgIpc) is 3.19. The predicted molar refractivity (Wildman–Crippen MR) is 103 cm³/mol. The van der Waals surface area contributed by atoms with Gasteiger partial charge in [-0.15, -0.1) is 0 Å². The SMILES string of the molecule is Cc1ccc(NC(=O)CN2N=N[C@H]3C(=O)N(c4ccccc4)C(=O)[C@@H]32)cc1C. The highest BCUT2D eigenvalue weighted by Gasteiger charge is 2.55. The smallest absolute Gasteiger partial charge is 0.263 e. The van der Waals surface area contributed by atoms with Gasteiger partial charge in [0.05, 0.1) is 5.69 Å². The van der Waals surface area contributed by atoms with Crippen LogP contribution in [-0.4, -0.2) is 41.4 Å². The van der Waals surface area contributed by atoms with Crippen LogP contribution in [0.5, 0.6) is 0 Å². The van der Waals surface area contributed by atoms with Crippen LogP contribution in [0.4, 0.5) is 11.4 Å². The summed E-state index contributed by atoms with van der Waals surface area (Å²) >= 11 is 0. The largest absolute Gasteiger partial charge is 0.324 e. The highest BCUT2D eigenvalue weighted by Crippen LogP contribution is 2.31. The summed E-state index contributed by atoms with van der Waals surface area (Å²) < 4.78 is 0. The number of amides is 3. The van der Waals surface area contributed by atoms with E-state index in [1.807, 2.05) is 32.0 Å². The molecule has 0 saturated carbocycles. The Hall–Kier alpha value is -3.55. The minimum atomic E-state index is -0.915. The first-order valence-corrected chi connectivity index (χ1v) is 8.93. The maximum absolute atomic E-state index is 12.8. The molecule has 8 heteroatoms. The fourth-order valence-electron chi connectivity index (χ4n) is 3.35. The molecule has 2 aliphatic rings. The first-order chi connectivity index (χ1) is 13.5. The molecule has 0 radical (unpaired) electrons. The lowest BCUT2D eigenvalue weighted by atomic mass is 10.1. The lowest BCUT2D eigenvalue weighted by Gasteiger charge is -2.20. The van der Waals surface area contributed by atoms with Gasteiger partial charge in [-0.3, -0.25) is 19.4 Å². The van der Waals surface area contributed by atoms with Crippen LogP contribution in [0.3, 0.4) is 0 Å². The van der Waals surface area contributed by atoms with Crippen molar-refractivity contribution in [3.8, 4) is 0 Å². The molecule has 2 aromatic rings. The molecule has 3 amide bonds. The topological polar surface area (TPSA) is 94.4 Å². The zero-order valence-electron chi connectivity index (χ0n) is 15.5. The number of imide groups is 1. The zero-order valence-corrected chi connectivity index (χ0v) is 15.5. The summed E-state index contributed by atoms with van der Waals surface area (Å²) in [5, 5.41) is 11.9. The second-order valence-corrected chi connectivity index (χ2v) is 6.89. The molecule has 0 spiro atoms. The maximum atomic E-state index is 12.8. The number of para-hydroxylation sites is 1. The van der Waals surface area contributed by atoms with Crippen molar-refractivity contribution in [1.82, 2.24) is 5.01 Å². The van der Waals surface area contributed by atoms with Gasteiger partial charge in [-0.05, 0) is 49.2 Å². The van der Waals surface area contributed by atoms with Crippen molar-refractivity contribution < 1.29 is 14.4 Å². The third-order valence-corrected chi connectivity index (χ3v) is 4.97. The minimum Gasteiger partial charge on any atom is -0.324 e. The van der Waals surface area contributed by atoms with Crippen LogP contribution in [0, 0.1) is 13.8 Å². The van der Waals surface area contributed by atoms with Crippen molar-refractivity contribution in [2.75, 3.05) is 16.8 Å². The number of carbonyl (C=O) groups excluding carboxylic acids is 3. The van der Waals surface area contributed by atoms with E-state index in [2.05, 4.69) is 15.7 Å². The summed E-state index contributed by atoms with van der Waals surface area (Å²) in [6, 6.07) is 12.5. The molecule has 0 aromatic heterocycles. The van der Waals surface area contributed by atoms with E-state index in [0.29, 0.717) is 11.4 Å². The molecule has 1 fully saturated rings. The molecule has 2 aromatic carbocycles. The van der Waals surface area contributed by atoms with Gasteiger partial charge in [0.2, 0.25) is 5.91 Å². The quantitative estimate of drug-likeness (QED) is 0.827. The standard InChI is InChI=1S/C20H19N5O3/c1-12-8-9-14(10-13(12)2)21-16(26)11-24-18-17(22-23-24)19(27)25(20(18)28)15-6-4-3-5-7-15/h3-10,17-18H,11H2,1-2H3,(H,21,26)/t17-,18-/m1/s1. The van der Waals surface area contributed by atoms with E-state index in [4.69, 9.17) is 0 Å². The second kappa shape index (κ2) is 6.88. The molecule has 0 unspecified atom stereocenters. The van der Waals surface area contributed by atoms with E-state index < -0.39 is 23.9 Å². The summed E-state index contributed by atoms with van der Waals surface area (Å²) in [7, 11) is 0. The van der Waals surface area contributed by atoms with E-state index in [9.17, 15) is 14.4 Å². The van der Waals surface area contributed by atoms with Gasteiger partial charge in [-0.25, -0.2) is 4.90 Å². The molecule has 2 heterocycles. The van der Waals surface area contributed by atoms with Crippen LogP contribution >= 0.6 is 0 Å². The number of benzene rings is 2. The van der Waals surface area contributed by atoms with Gasteiger partial charge in [0.25, 0.3) is 11.8 Å². The number of hydrogen-bond donors (Lipinski definition) is 1. The van der Waals surface area contributed by atoms with Crippen molar-refractivity contribution in [2.24, 2.45) is 10.3 Å². The van der Waals surface area contributed by atoms with Gasteiger partial charge >= 0.3 is 0 Å². The Balaban J connectivity index is 1.47. The second-order valence-electron chi connectivity index (χ2n) is 6.89. The van der Waals surface area contributed by atoms with Crippen molar-refractivity contribution in [3.63, 3.8) is 0 Å². The third kappa shape index (κ3) is 3.02. The van der Waals surface area contributed by atoms with Gasteiger partial charge in [0.1, 0.15) is 6.54 Å². The molecular formula is C20H19N5O3. The first-order valence-electron chi connectivity index (χ1n) is 8.93. The molecule has 8 nitrogen and oxygen atoms in total. The Morgan fingerprint density at radius 1 is 1.04 bits per heavy atom. The minimum absolute atomic E-state index is 0.167. The van der Waals surface area contributed by atoms with E-state index in [1.165, 1.54) is 5.01 Å². The number of nitrogens with one attached hydrogen (secondary N) is 1. The fraction of sp³-hybridized carbons (Fsp3) is 0.250. The molecule has 2 aliphatic heterocycles. The molecule has 142 valence electrons. The highest BCUT2D eigenvalue weighted by atomic mass is 16.2. The highest BCUT2D eigenvalue weighted by molar-refractivity contribution is 6.25. The number of rotatable bonds is 4. The van der Waals surface area contributed by atoms with Crippen LogP contribution in [0.1, 0.15) is 11.1 Å². The summed E-state index contributed by atoms with van der Waals surface area (Å²) in [6.45, 7) is 3.79. The average molecular weight is 377 g/mol. The molecule has 0 bridgehead atoms. The molecule has 2 atom stereocenters. The normalized spacial score (nSPS) is 20.6. The van der Waals surface area contributed by atoms with Crippen molar-refractivity contribution >= 4 is 29.1 Å². The zero-order chi connectivity index (χ0) is 19.8. The number of carbonyl (C=O) groups is 3. The van der Waals surface area contributed by atoms with Crippen LogP contribution in [0.2, 0.25) is 0 Å². The molecule has 28 heavy (non-hydrogen) atoms. The monoisotopic (exact) mass is 377 g/mol. The molecule has 4 rings (SSSR count). The van der Waals surface area contributed by atoms with Gasteiger partial charge < -0.3 is 5.32 Å². The Labute approximate surface area is 161 Å². The van der Waals surface area contributed by atoms with Gasteiger partial charge in [-0.1, -0.05) is 29.5 Å². The lowest BCUT2D eigenvalue weighted by molar-refractivity contribution is -0.123. The van der Waals surface area contributed by atoms with Crippen LogP contribution in [0.15, 0.2) is 58.9 Å². The Morgan fingerprint density at radius 3 is 2.50 bits per heavy atom. The lowest BCUT2D eigenvalue weighted by Crippen LogP contribution is -2.43. The van der Waals surface area contributed by atoms with Gasteiger partial charge in [0.15, 0.2) is 12.1 Å².